The Morgan fingerprint density at radius 1 is 1.38 bits per heavy atom. The minimum Gasteiger partial charge on any atom is -0.481 e. The molecule has 0 bridgehead atoms. The maximum atomic E-state index is 12.7. The fourth-order valence-corrected chi connectivity index (χ4v) is 3.15. The van der Waals surface area contributed by atoms with Crippen LogP contribution in [0.5, 0.6) is 0 Å². The maximum absolute atomic E-state index is 12.7. The van der Waals surface area contributed by atoms with E-state index in [2.05, 4.69) is 5.32 Å². The lowest BCUT2D eigenvalue weighted by molar-refractivity contribution is -0.139. The van der Waals surface area contributed by atoms with E-state index in [1.165, 1.54) is 0 Å². The van der Waals surface area contributed by atoms with Crippen molar-refractivity contribution in [3.05, 3.63) is 0 Å². The van der Waals surface area contributed by atoms with Crippen molar-refractivity contribution in [3.63, 3.8) is 0 Å². The van der Waals surface area contributed by atoms with E-state index in [4.69, 9.17) is 9.84 Å². The van der Waals surface area contributed by atoms with Gasteiger partial charge in [-0.15, -0.1) is 0 Å². The molecule has 0 spiro atoms. The Hall–Kier alpha value is -1.34. The molecule has 2 aliphatic rings. The first-order chi connectivity index (χ1) is 10.1. The number of ether oxygens (including phenoxy) is 1. The number of urea groups is 1. The molecule has 0 aromatic heterocycles. The molecule has 21 heavy (non-hydrogen) atoms. The zero-order valence-electron chi connectivity index (χ0n) is 12.6. The third-order valence-corrected chi connectivity index (χ3v) is 4.17. The minimum atomic E-state index is -0.894. The molecule has 2 rings (SSSR count). The summed E-state index contributed by atoms with van der Waals surface area (Å²) < 4.78 is 5.32. The molecule has 2 aliphatic heterocycles. The summed E-state index contributed by atoms with van der Waals surface area (Å²) in [5.41, 5.74) is 0. The number of hydrogen-bond donors (Lipinski definition) is 2. The molecular weight excluding hydrogens is 274 g/mol. The van der Waals surface area contributed by atoms with E-state index in [9.17, 15) is 9.59 Å². The number of carbonyl (C=O) groups is 2. The molecule has 7 nitrogen and oxygen atoms in total. The molecule has 2 saturated heterocycles. The molecule has 0 saturated carbocycles. The van der Waals surface area contributed by atoms with Crippen LogP contribution in [0.25, 0.3) is 0 Å². The van der Waals surface area contributed by atoms with Crippen LogP contribution in [0, 0.1) is 5.92 Å². The van der Waals surface area contributed by atoms with E-state index >= 15 is 0 Å². The number of nitrogens with one attached hydrogen (secondary N) is 1. The van der Waals surface area contributed by atoms with Gasteiger partial charge in [-0.1, -0.05) is 0 Å². The number of likely N-dealkylation sites (tertiary alicyclic amines) is 1. The molecule has 2 heterocycles. The molecule has 0 radical (unpaired) electrons. The van der Waals surface area contributed by atoms with Crippen molar-refractivity contribution in [2.75, 3.05) is 46.4 Å². The number of carboxylic acid groups (broad SMARTS) is 1. The number of morpholine rings is 1. The van der Waals surface area contributed by atoms with Gasteiger partial charge in [0.25, 0.3) is 0 Å². The first-order valence-corrected chi connectivity index (χ1v) is 7.61. The monoisotopic (exact) mass is 299 g/mol. The molecule has 2 amide bonds. The number of carbonyl (C=O) groups excluding carboxylic acids is 1. The van der Waals surface area contributed by atoms with E-state index in [1.807, 2.05) is 11.9 Å². The molecule has 0 aliphatic carbocycles. The van der Waals surface area contributed by atoms with Gasteiger partial charge in [0.2, 0.25) is 0 Å². The smallest absolute Gasteiger partial charge is 0.320 e. The zero-order valence-corrected chi connectivity index (χ0v) is 12.6. The number of aliphatic carboxylic acids is 1. The molecule has 120 valence electrons. The third kappa shape index (κ3) is 4.31. The van der Waals surface area contributed by atoms with Crippen LogP contribution in [0.4, 0.5) is 4.79 Å². The predicted octanol–water partition coefficient (Wildman–Crippen LogP) is 0.213. The van der Waals surface area contributed by atoms with Gasteiger partial charge in [0, 0.05) is 19.6 Å². The molecule has 0 aromatic carbocycles. The van der Waals surface area contributed by atoms with Gasteiger partial charge in [0.15, 0.2) is 0 Å². The summed E-state index contributed by atoms with van der Waals surface area (Å²) >= 11 is 0. The molecule has 2 N–H and O–H groups in total. The number of amides is 2. The number of hydrogen-bond acceptors (Lipinski definition) is 4. The Morgan fingerprint density at radius 3 is 2.90 bits per heavy atom. The van der Waals surface area contributed by atoms with Gasteiger partial charge in [0.1, 0.15) is 0 Å². The lowest BCUT2D eigenvalue weighted by Crippen LogP contribution is -2.56. The van der Waals surface area contributed by atoms with Gasteiger partial charge in [-0.05, 0) is 32.4 Å². The molecule has 2 unspecified atom stereocenters. The molecular formula is C14H25N3O4. The lowest BCUT2D eigenvalue weighted by Gasteiger charge is -2.41. The SMILES string of the molecule is CNCC1CCCN(C(=O)N2CCOCC2CC(=O)O)C1. The van der Waals surface area contributed by atoms with Crippen LogP contribution < -0.4 is 5.32 Å². The fraction of sp³-hybridized carbons (Fsp3) is 0.857. The summed E-state index contributed by atoms with van der Waals surface area (Å²) in [6.07, 6.45) is 2.08. The summed E-state index contributed by atoms with van der Waals surface area (Å²) in [5, 5.41) is 12.1. The maximum Gasteiger partial charge on any atom is 0.320 e. The highest BCUT2D eigenvalue weighted by molar-refractivity contribution is 5.76. The standard InChI is InChI=1S/C14H25N3O4/c1-15-8-11-3-2-4-16(9-11)14(20)17-5-6-21-10-12(17)7-13(18)19/h11-12,15H,2-10H2,1H3,(H,18,19). The van der Waals surface area contributed by atoms with Crippen LogP contribution in [-0.2, 0) is 9.53 Å². The van der Waals surface area contributed by atoms with Gasteiger partial charge >= 0.3 is 12.0 Å². The van der Waals surface area contributed by atoms with E-state index < -0.39 is 5.97 Å². The zero-order chi connectivity index (χ0) is 15.2. The van der Waals surface area contributed by atoms with E-state index in [0.29, 0.717) is 25.7 Å². The van der Waals surface area contributed by atoms with Gasteiger partial charge in [-0.3, -0.25) is 4.79 Å². The highest BCUT2D eigenvalue weighted by Crippen LogP contribution is 2.20. The lowest BCUT2D eigenvalue weighted by atomic mass is 9.98. The summed E-state index contributed by atoms with van der Waals surface area (Å²) in [4.78, 5) is 27.2. The second-order valence-electron chi connectivity index (χ2n) is 5.81. The largest absolute Gasteiger partial charge is 0.481 e. The fourth-order valence-electron chi connectivity index (χ4n) is 3.15. The number of piperidine rings is 1. The van der Waals surface area contributed by atoms with Crippen molar-refractivity contribution < 1.29 is 19.4 Å². The van der Waals surface area contributed by atoms with Crippen LogP contribution >= 0.6 is 0 Å². The topological polar surface area (TPSA) is 82.1 Å². The number of rotatable bonds is 4. The Bertz CT molecular complexity index is 375. The summed E-state index contributed by atoms with van der Waals surface area (Å²) in [5.74, 6) is -0.415. The summed E-state index contributed by atoms with van der Waals surface area (Å²) in [6.45, 7) is 3.68. The van der Waals surface area contributed by atoms with Crippen molar-refractivity contribution in [1.29, 1.82) is 0 Å². The molecule has 7 heteroatoms. The van der Waals surface area contributed by atoms with Crippen molar-refractivity contribution in [1.82, 2.24) is 15.1 Å². The molecule has 2 atom stereocenters. The molecule has 0 aromatic rings. The van der Waals surface area contributed by atoms with E-state index in [-0.39, 0.29) is 18.5 Å². The summed E-state index contributed by atoms with van der Waals surface area (Å²) in [6, 6.07) is -0.390. The second-order valence-corrected chi connectivity index (χ2v) is 5.81. The normalized spacial score (nSPS) is 26.7. The summed E-state index contributed by atoms with van der Waals surface area (Å²) in [7, 11) is 1.92. The van der Waals surface area contributed by atoms with Crippen molar-refractivity contribution in [3.8, 4) is 0 Å². The van der Waals surface area contributed by atoms with Gasteiger partial charge < -0.3 is 25.0 Å². The van der Waals surface area contributed by atoms with Gasteiger partial charge in [-0.25, -0.2) is 4.79 Å². The first kappa shape index (κ1) is 16.0. The molecule has 2 fully saturated rings. The third-order valence-electron chi connectivity index (χ3n) is 4.17. The highest BCUT2D eigenvalue weighted by Gasteiger charge is 2.33. The average molecular weight is 299 g/mol. The highest BCUT2D eigenvalue weighted by atomic mass is 16.5. The van der Waals surface area contributed by atoms with Crippen molar-refractivity contribution >= 4 is 12.0 Å². The van der Waals surface area contributed by atoms with Crippen LogP contribution in [0.1, 0.15) is 19.3 Å². The minimum absolute atomic E-state index is 0.0367. The Morgan fingerprint density at radius 2 is 2.19 bits per heavy atom. The quantitative estimate of drug-likeness (QED) is 0.775. The Labute approximate surface area is 125 Å². The Kier molecular flexibility index (Phi) is 5.81. The van der Waals surface area contributed by atoms with Crippen molar-refractivity contribution in [2.45, 2.75) is 25.3 Å². The average Bonchev–Trinajstić information content (AvgIpc) is 2.47. The predicted molar refractivity (Wildman–Crippen MR) is 77.2 cm³/mol. The van der Waals surface area contributed by atoms with Gasteiger partial charge in [0.05, 0.1) is 25.7 Å². The second kappa shape index (κ2) is 7.61. The van der Waals surface area contributed by atoms with Crippen LogP contribution in [-0.4, -0.2) is 79.4 Å². The number of nitrogens with zero attached hydrogens (tertiary/aromatic N) is 2. The van der Waals surface area contributed by atoms with E-state index in [1.54, 1.807) is 4.90 Å². The first-order valence-electron chi connectivity index (χ1n) is 7.61. The van der Waals surface area contributed by atoms with Crippen LogP contribution in [0.15, 0.2) is 0 Å². The number of carboxylic acids is 1. The van der Waals surface area contributed by atoms with E-state index in [0.717, 1.165) is 32.5 Å². The van der Waals surface area contributed by atoms with Crippen LogP contribution in [0.2, 0.25) is 0 Å². The van der Waals surface area contributed by atoms with Crippen LogP contribution in [0.3, 0.4) is 0 Å². The van der Waals surface area contributed by atoms with Crippen molar-refractivity contribution in [2.24, 2.45) is 5.92 Å². The van der Waals surface area contributed by atoms with Gasteiger partial charge in [-0.2, -0.15) is 0 Å². The Balaban J connectivity index is 1.97.